The molecule has 2 nitrogen and oxygen atoms in total. The van der Waals surface area contributed by atoms with Crippen molar-refractivity contribution < 1.29 is 4.39 Å². The summed E-state index contributed by atoms with van der Waals surface area (Å²) in [6.07, 6.45) is 4.74. The zero-order valence-electron chi connectivity index (χ0n) is 13.7. The van der Waals surface area contributed by atoms with Crippen molar-refractivity contribution in [1.29, 1.82) is 0 Å². The fourth-order valence-electron chi connectivity index (χ4n) is 3.39. The van der Waals surface area contributed by atoms with E-state index >= 15 is 0 Å². The van der Waals surface area contributed by atoms with Crippen LogP contribution in [0.25, 0.3) is 0 Å². The van der Waals surface area contributed by atoms with Crippen LogP contribution in [0.2, 0.25) is 0 Å². The number of nitrogens with zero attached hydrogens (tertiary/aromatic N) is 1. The van der Waals surface area contributed by atoms with Crippen LogP contribution in [0, 0.1) is 5.82 Å². The summed E-state index contributed by atoms with van der Waals surface area (Å²) >= 11 is 0. The molecule has 1 saturated heterocycles. The minimum absolute atomic E-state index is 0.152. The lowest BCUT2D eigenvalue weighted by Gasteiger charge is -2.47. The van der Waals surface area contributed by atoms with Crippen LogP contribution in [0.15, 0.2) is 24.3 Å². The zero-order valence-corrected chi connectivity index (χ0v) is 13.7. The van der Waals surface area contributed by atoms with Crippen molar-refractivity contribution in [3.05, 3.63) is 35.6 Å². The van der Waals surface area contributed by atoms with E-state index < -0.39 is 0 Å². The average Bonchev–Trinajstić information content (AvgIpc) is 2.51. The molecule has 0 spiro atoms. The topological polar surface area (TPSA) is 15.3 Å². The van der Waals surface area contributed by atoms with Gasteiger partial charge < -0.3 is 5.32 Å². The zero-order chi connectivity index (χ0) is 15.3. The molecule has 1 aromatic rings. The molecule has 0 aliphatic carbocycles. The molecule has 1 unspecified atom stereocenters. The molecule has 1 N–H and O–H groups in total. The molecular weight excluding hydrogens is 263 g/mol. The van der Waals surface area contributed by atoms with Gasteiger partial charge in [0.25, 0.3) is 0 Å². The fraction of sp³-hybridized carbons (Fsp3) is 0.667. The summed E-state index contributed by atoms with van der Waals surface area (Å²) in [5.41, 5.74) is 1.45. The Morgan fingerprint density at radius 1 is 1.19 bits per heavy atom. The SMILES string of the molecule is CCCC1CNC(CC)(CC)CN1Cc1ccc(F)cc1. The molecule has 0 radical (unpaired) electrons. The predicted octanol–water partition coefficient (Wildman–Crippen LogP) is 3.96. The Balaban J connectivity index is 2.11. The number of benzene rings is 1. The number of hydrogen-bond acceptors (Lipinski definition) is 2. The molecule has 0 saturated carbocycles. The van der Waals surface area contributed by atoms with E-state index in [1.54, 1.807) is 12.1 Å². The van der Waals surface area contributed by atoms with E-state index in [2.05, 4.69) is 31.0 Å². The highest BCUT2D eigenvalue weighted by molar-refractivity contribution is 5.16. The highest BCUT2D eigenvalue weighted by atomic mass is 19.1. The molecule has 0 bridgehead atoms. The molecule has 2 rings (SSSR count). The molecule has 0 amide bonds. The maximum absolute atomic E-state index is 13.1. The lowest BCUT2D eigenvalue weighted by atomic mass is 9.87. The molecular formula is C18H29FN2. The number of rotatable bonds is 6. The minimum Gasteiger partial charge on any atom is -0.308 e. The molecule has 1 atom stereocenters. The maximum Gasteiger partial charge on any atom is 0.123 e. The summed E-state index contributed by atoms with van der Waals surface area (Å²) in [4.78, 5) is 2.60. The first-order valence-electron chi connectivity index (χ1n) is 8.36. The largest absolute Gasteiger partial charge is 0.308 e. The molecule has 1 heterocycles. The van der Waals surface area contributed by atoms with Crippen LogP contribution in [0.5, 0.6) is 0 Å². The van der Waals surface area contributed by atoms with Gasteiger partial charge in [-0.2, -0.15) is 0 Å². The van der Waals surface area contributed by atoms with E-state index in [0.717, 1.165) is 32.5 Å². The monoisotopic (exact) mass is 292 g/mol. The van der Waals surface area contributed by atoms with Crippen molar-refractivity contribution in [1.82, 2.24) is 10.2 Å². The first-order chi connectivity index (χ1) is 10.1. The van der Waals surface area contributed by atoms with Crippen LogP contribution in [-0.4, -0.2) is 29.6 Å². The summed E-state index contributed by atoms with van der Waals surface area (Å²) < 4.78 is 13.1. The Kier molecular flexibility index (Phi) is 5.77. The minimum atomic E-state index is -0.152. The smallest absolute Gasteiger partial charge is 0.123 e. The van der Waals surface area contributed by atoms with Crippen LogP contribution < -0.4 is 5.32 Å². The van der Waals surface area contributed by atoms with Crippen molar-refractivity contribution in [2.45, 2.75) is 64.6 Å². The predicted molar refractivity (Wildman–Crippen MR) is 86.8 cm³/mol. The lowest BCUT2D eigenvalue weighted by molar-refractivity contribution is 0.0616. The van der Waals surface area contributed by atoms with Gasteiger partial charge in [0.2, 0.25) is 0 Å². The first kappa shape index (κ1) is 16.4. The van der Waals surface area contributed by atoms with E-state index in [1.165, 1.54) is 18.4 Å². The number of hydrogen-bond donors (Lipinski definition) is 1. The third kappa shape index (κ3) is 4.04. The molecule has 21 heavy (non-hydrogen) atoms. The highest BCUT2D eigenvalue weighted by Crippen LogP contribution is 2.26. The van der Waals surface area contributed by atoms with Gasteiger partial charge in [-0.1, -0.05) is 39.3 Å². The van der Waals surface area contributed by atoms with Crippen molar-refractivity contribution in [2.75, 3.05) is 13.1 Å². The van der Waals surface area contributed by atoms with Crippen molar-refractivity contribution >= 4 is 0 Å². The van der Waals surface area contributed by atoms with Gasteiger partial charge in [-0.3, -0.25) is 4.90 Å². The van der Waals surface area contributed by atoms with Gasteiger partial charge in [0.05, 0.1) is 0 Å². The molecule has 118 valence electrons. The van der Waals surface area contributed by atoms with E-state index in [9.17, 15) is 4.39 Å². The van der Waals surface area contributed by atoms with Crippen LogP contribution in [0.4, 0.5) is 4.39 Å². The Morgan fingerprint density at radius 3 is 2.43 bits per heavy atom. The van der Waals surface area contributed by atoms with E-state index in [0.29, 0.717) is 6.04 Å². The molecule has 1 aromatic carbocycles. The number of nitrogens with one attached hydrogen (secondary N) is 1. The van der Waals surface area contributed by atoms with Gasteiger partial charge >= 0.3 is 0 Å². The Bertz CT molecular complexity index is 425. The van der Waals surface area contributed by atoms with Gasteiger partial charge in [-0.05, 0) is 37.0 Å². The van der Waals surface area contributed by atoms with Crippen LogP contribution in [0.3, 0.4) is 0 Å². The number of halogens is 1. The van der Waals surface area contributed by atoms with Crippen LogP contribution >= 0.6 is 0 Å². The van der Waals surface area contributed by atoms with E-state index in [-0.39, 0.29) is 11.4 Å². The summed E-state index contributed by atoms with van der Waals surface area (Å²) in [7, 11) is 0. The normalized spacial score (nSPS) is 22.4. The summed E-state index contributed by atoms with van der Waals surface area (Å²) in [5.74, 6) is -0.152. The van der Waals surface area contributed by atoms with E-state index in [1.807, 2.05) is 12.1 Å². The van der Waals surface area contributed by atoms with Gasteiger partial charge in [-0.25, -0.2) is 4.39 Å². The van der Waals surface area contributed by atoms with Gasteiger partial charge in [-0.15, -0.1) is 0 Å². The number of piperazine rings is 1. The Morgan fingerprint density at radius 2 is 1.86 bits per heavy atom. The van der Waals surface area contributed by atoms with E-state index in [4.69, 9.17) is 0 Å². The van der Waals surface area contributed by atoms with Crippen molar-refractivity contribution in [3.63, 3.8) is 0 Å². The molecule has 1 aliphatic rings. The Hall–Kier alpha value is -0.930. The molecule has 1 aliphatic heterocycles. The molecule has 0 aromatic heterocycles. The second-order valence-electron chi connectivity index (χ2n) is 6.34. The Labute approximate surface area is 128 Å². The first-order valence-corrected chi connectivity index (χ1v) is 8.36. The van der Waals surface area contributed by atoms with Gasteiger partial charge in [0.1, 0.15) is 5.82 Å². The summed E-state index contributed by atoms with van der Waals surface area (Å²) in [6.45, 7) is 9.87. The highest BCUT2D eigenvalue weighted by Gasteiger charge is 2.36. The second-order valence-corrected chi connectivity index (χ2v) is 6.34. The summed E-state index contributed by atoms with van der Waals surface area (Å²) in [5, 5.41) is 3.79. The molecule has 1 fully saturated rings. The molecule has 3 heteroatoms. The third-order valence-corrected chi connectivity index (χ3v) is 5.01. The van der Waals surface area contributed by atoms with Gasteiger partial charge in [0, 0.05) is 31.2 Å². The standard InChI is InChI=1S/C18H29FN2/c1-4-7-17-12-20-18(5-2,6-3)14-21(17)13-15-8-10-16(19)11-9-15/h8-11,17,20H,4-7,12-14H2,1-3H3. The fourth-order valence-corrected chi connectivity index (χ4v) is 3.39. The maximum atomic E-state index is 13.1. The van der Waals surface area contributed by atoms with Crippen molar-refractivity contribution in [2.24, 2.45) is 0 Å². The van der Waals surface area contributed by atoms with Crippen LogP contribution in [-0.2, 0) is 6.54 Å². The van der Waals surface area contributed by atoms with Crippen LogP contribution in [0.1, 0.15) is 52.0 Å². The average molecular weight is 292 g/mol. The van der Waals surface area contributed by atoms with Gasteiger partial charge in [0.15, 0.2) is 0 Å². The second kappa shape index (κ2) is 7.37. The third-order valence-electron chi connectivity index (χ3n) is 5.01. The summed E-state index contributed by atoms with van der Waals surface area (Å²) in [6, 6.07) is 7.56. The lowest BCUT2D eigenvalue weighted by Crippen LogP contribution is -2.63. The quantitative estimate of drug-likeness (QED) is 0.854. The van der Waals surface area contributed by atoms with Crippen molar-refractivity contribution in [3.8, 4) is 0 Å².